The Labute approximate surface area is 639 Å². The normalized spacial score (nSPS) is 14.3. The van der Waals surface area contributed by atoms with E-state index in [4.69, 9.17) is 51.6 Å². The third-order valence-electron chi connectivity index (χ3n) is 16.8. The minimum Gasteiger partial charge on any atom is -0.480 e. The van der Waals surface area contributed by atoms with Gasteiger partial charge in [-0.25, -0.2) is 0 Å². The zero-order valence-corrected chi connectivity index (χ0v) is 63.1. The van der Waals surface area contributed by atoms with Crippen molar-refractivity contribution in [1.82, 2.24) is 63.5 Å². The molecule has 3 rings (SSSR count). The van der Waals surface area contributed by atoms with Crippen molar-refractivity contribution >= 4 is 136 Å². The number of nitrogens with two attached hydrogens (primary N) is 9. The maximum absolute atomic E-state index is 15.0. The summed E-state index contributed by atoms with van der Waals surface area (Å²) >= 11 is 5.34. The molecule has 14 amide bonds. The first kappa shape index (κ1) is 92.4. The SMILES string of the molecule is CSCC[C@H](NC(=O)[C@H](CC(N)=O)NC(=O)[C@H](CCCN=C(N)N)NC(=O)[C@H](CCC(N)=O)NC(=O)[C@H](Cc1c[nH]c2ccccc12)NC(=O)[C@H](CCC(N)=O)NC(=O)[C@H](Cc1ccccc1)NC(=O)[C@@H](N)CS)C(=O)N[C@@H](CCCN=C(N)N)C(=O)N[C@@H](CCCCN)C(=O)N[C@H](C(=O)N[C@@H](C)C(=O)O)C(C)C. The number of hydrogen-bond donors (Lipinski definition) is 23. The third kappa shape index (κ3) is 34.3. The number of primary amides is 3. The zero-order valence-electron chi connectivity index (χ0n) is 61.4. The molecule has 0 radical (unpaired) electrons. The molecule has 602 valence electrons. The number of para-hydroxylation sites is 1. The molecule has 3 aromatic rings. The van der Waals surface area contributed by atoms with Crippen LogP contribution in [0.25, 0.3) is 10.9 Å². The van der Waals surface area contributed by atoms with Gasteiger partial charge in [0.1, 0.15) is 66.5 Å². The number of aromatic amines is 1. The fraction of sp³-hybridized carbons (Fsp3) is 0.544. The van der Waals surface area contributed by atoms with E-state index in [9.17, 15) is 77.0 Å². The van der Waals surface area contributed by atoms with Gasteiger partial charge in [0.25, 0.3) is 0 Å². The van der Waals surface area contributed by atoms with Crippen LogP contribution in [0.5, 0.6) is 0 Å². The van der Waals surface area contributed by atoms with Gasteiger partial charge in [-0.05, 0) is 113 Å². The van der Waals surface area contributed by atoms with E-state index in [1.54, 1.807) is 80.9 Å². The number of aliphatic imine (C=N–C) groups is 2. The number of carbonyl (C=O) groups is 15. The Morgan fingerprint density at radius 1 is 0.468 bits per heavy atom. The summed E-state index contributed by atoms with van der Waals surface area (Å²) in [5.41, 5.74) is 52.4. The number of rotatable bonds is 52. The maximum atomic E-state index is 15.0. The number of nitrogens with zero attached hydrogens (tertiary/aromatic N) is 2. The highest BCUT2D eigenvalue weighted by Gasteiger charge is 2.38. The molecule has 39 nitrogen and oxygen atoms in total. The highest BCUT2D eigenvalue weighted by atomic mass is 32.2. The van der Waals surface area contributed by atoms with E-state index in [0.717, 1.165) is 0 Å². The summed E-state index contributed by atoms with van der Waals surface area (Å²) in [7, 11) is 0. The van der Waals surface area contributed by atoms with E-state index in [1.807, 2.05) is 0 Å². The van der Waals surface area contributed by atoms with Crippen molar-refractivity contribution in [3.05, 3.63) is 71.9 Å². The molecule has 0 unspecified atom stereocenters. The predicted octanol–water partition coefficient (Wildman–Crippen LogP) is -6.30. The monoisotopic (exact) mass is 1570 g/mol. The number of H-pyrrole nitrogens is 1. The molecule has 0 spiro atoms. The van der Waals surface area contributed by atoms with Gasteiger partial charge in [-0.3, -0.25) is 81.9 Å². The van der Waals surface area contributed by atoms with Gasteiger partial charge in [-0.2, -0.15) is 24.4 Å². The molecule has 1 aromatic heterocycles. The fourth-order valence-corrected chi connectivity index (χ4v) is 11.5. The zero-order chi connectivity index (χ0) is 81.4. The molecule has 0 aliphatic carbocycles. The van der Waals surface area contributed by atoms with Crippen LogP contribution in [0.2, 0.25) is 0 Å². The predicted molar refractivity (Wildman–Crippen MR) is 410 cm³/mol. The van der Waals surface area contributed by atoms with Crippen LogP contribution in [-0.4, -0.2) is 221 Å². The molecule has 0 saturated heterocycles. The molecule has 0 saturated carbocycles. The Kier molecular flexibility index (Phi) is 41.1. The number of aliphatic carboxylic acids is 1. The van der Waals surface area contributed by atoms with Crippen molar-refractivity contribution in [2.75, 3.05) is 37.4 Å². The number of carboxylic acids is 1. The fourth-order valence-electron chi connectivity index (χ4n) is 10.8. The number of thioether (sulfide) groups is 1. The van der Waals surface area contributed by atoms with Gasteiger partial charge < -0.3 is 120 Å². The number of thiol groups is 1. The molecule has 0 aliphatic rings. The van der Waals surface area contributed by atoms with Crippen molar-refractivity contribution in [3.63, 3.8) is 0 Å². The van der Waals surface area contributed by atoms with Gasteiger partial charge in [-0.1, -0.05) is 62.4 Å². The lowest BCUT2D eigenvalue weighted by atomic mass is 10.0. The highest BCUT2D eigenvalue weighted by molar-refractivity contribution is 7.98. The maximum Gasteiger partial charge on any atom is 0.325 e. The number of carboxylic acid groups (broad SMARTS) is 1. The van der Waals surface area contributed by atoms with Gasteiger partial charge in [0.05, 0.1) is 12.5 Å². The van der Waals surface area contributed by atoms with Crippen molar-refractivity contribution in [2.24, 2.45) is 67.5 Å². The van der Waals surface area contributed by atoms with Crippen LogP contribution in [-0.2, 0) is 84.8 Å². The number of carbonyl (C=O) groups excluding carboxylic acids is 14. The minimum atomic E-state index is -1.91. The Morgan fingerprint density at radius 3 is 1.31 bits per heavy atom. The summed E-state index contributed by atoms with van der Waals surface area (Å²) in [4.78, 5) is 217. The summed E-state index contributed by atoms with van der Waals surface area (Å²) in [6.45, 7) is 4.45. The summed E-state index contributed by atoms with van der Waals surface area (Å²) in [6.07, 6.45) is -0.139. The van der Waals surface area contributed by atoms with Crippen LogP contribution in [0.4, 0.5) is 0 Å². The summed E-state index contributed by atoms with van der Waals surface area (Å²) < 4.78 is 0. The number of unbranched alkanes of at least 4 members (excludes halogenated alkanes) is 1. The largest absolute Gasteiger partial charge is 0.480 e. The van der Waals surface area contributed by atoms with Gasteiger partial charge in [0, 0.05) is 61.6 Å². The average Bonchev–Trinajstić information content (AvgIpc) is 1.69. The van der Waals surface area contributed by atoms with E-state index in [2.05, 4.69) is 86.1 Å². The van der Waals surface area contributed by atoms with E-state index < -0.39 is 199 Å². The first-order chi connectivity index (χ1) is 51.6. The molecule has 0 fully saturated rings. The number of aromatic nitrogens is 1. The Morgan fingerprint density at radius 2 is 0.872 bits per heavy atom. The van der Waals surface area contributed by atoms with Crippen LogP contribution in [0.3, 0.4) is 0 Å². The average molecular weight is 1570 g/mol. The summed E-state index contributed by atoms with van der Waals surface area (Å²) in [5, 5.41) is 37.9. The Hall–Kier alpha value is -10.8. The molecule has 41 heteroatoms. The molecular weight excluding hydrogens is 1460 g/mol. The van der Waals surface area contributed by atoms with Gasteiger partial charge in [0.15, 0.2) is 11.9 Å². The number of amides is 14. The van der Waals surface area contributed by atoms with E-state index in [-0.39, 0.29) is 94.4 Å². The van der Waals surface area contributed by atoms with Crippen LogP contribution >= 0.6 is 24.4 Å². The summed E-state index contributed by atoms with van der Waals surface area (Å²) in [5.74, 6) is -16.3. The lowest BCUT2D eigenvalue weighted by molar-refractivity contribution is -0.142. The van der Waals surface area contributed by atoms with E-state index in [0.29, 0.717) is 34.9 Å². The highest BCUT2D eigenvalue weighted by Crippen LogP contribution is 2.21. The molecule has 1 heterocycles. The lowest BCUT2D eigenvalue weighted by Gasteiger charge is -2.28. The van der Waals surface area contributed by atoms with Crippen LogP contribution < -0.4 is 110 Å². The second-order valence-corrected chi connectivity index (χ2v) is 27.4. The second kappa shape index (κ2) is 48.5. The first-order valence-corrected chi connectivity index (χ1v) is 37.3. The van der Waals surface area contributed by atoms with Crippen LogP contribution in [0.15, 0.2) is 70.8 Å². The third-order valence-corrected chi connectivity index (χ3v) is 17.8. The number of hydrogen-bond acceptors (Lipinski definition) is 21. The molecule has 0 aliphatic heterocycles. The molecule has 31 N–H and O–H groups in total. The quantitative estimate of drug-likeness (QED) is 0.0108. The molecule has 12 atom stereocenters. The van der Waals surface area contributed by atoms with Crippen molar-refractivity contribution in [1.29, 1.82) is 0 Å². The number of fused-ring (bicyclic) bond motifs is 1. The lowest BCUT2D eigenvalue weighted by Crippen LogP contribution is -2.61. The Bertz CT molecular complexity index is 3650. The minimum absolute atomic E-state index is 0.0200. The molecule has 109 heavy (non-hydrogen) atoms. The van der Waals surface area contributed by atoms with Crippen LogP contribution in [0.1, 0.15) is 115 Å². The van der Waals surface area contributed by atoms with Crippen molar-refractivity contribution < 1.29 is 77.0 Å². The Balaban J connectivity index is 2.08. The molecule has 2 aromatic carbocycles. The molecular formula is C68H107N23O16S2. The number of guanidine groups is 2. The van der Waals surface area contributed by atoms with Gasteiger partial charge >= 0.3 is 5.97 Å². The number of nitrogens with one attached hydrogen (secondary N) is 12. The second-order valence-electron chi connectivity index (χ2n) is 26.0. The van der Waals surface area contributed by atoms with Crippen LogP contribution in [0, 0.1) is 5.92 Å². The topological polar surface area (TPSA) is 683 Å². The van der Waals surface area contributed by atoms with Crippen molar-refractivity contribution in [2.45, 2.75) is 190 Å². The first-order valence-electron chi connectivity index (χ1n) is 35.3. The standard InChI is InChI=1S/C68H107N23O16S2/c1-35(2)54(65(105)81-36(3)66(106)107)91-61(101)42(18-10-11-26-69)82-56(96)43(19-12-27-78-67(74)75)84-60(100)47(25-29-109-4)87-64(104)50(32-53(73)94)90-57(97)44(20-13-28-79-68(76)77)83-58(98)45(21-23-51(71)92)86-63(103)49(31-38-33-80-41-17-9-8-16-39(38)41)89-59(99)46(22-24-52(72)93)85-62(102)48(88-55(95)40(70)34-108)30-37-14-6-5-7-15-37/h5-9,14-17,33,35-36,40,42-50,54,80,108H,10-13,18-32,34,69-70H2,1-4H3,(H2,71,92)(H2,72,93)(H2,73,94)(H,81,105)(H,82,96)(H,83,98)(H,84,100)(H,85,102)(H,86,103)(H,87,104)(H,88,95)(H,89,99)(H,90,97)(H,91,101)(H,106,107)(H4,74,75,78)(H4,76,77,79)/t36-,40-,42-,43-,44-,45-,46-,47-,48-,49-,50-,54-/m0/s1. The van der Waals surface area contributed by atoms with Crippen molar-refractivity contribution in [3.8, 4) is 0 Å². The van der Waals surface area contributed by atoms with E-state index in [1.165, 1.54) is 18.7 Å². The van der Waals surface area contributed by atoms with Gasteiger partial charge in [-0.15, -0.1) is 0 Å². The summed E-state index contributed by atoms with van der Waals surface area (Å²) in [6, 6.07) is -2.82. The molecule has 0 bridgehead atoms. The van der Waals surface area contributed by atoms with E-state index >= 15 is 0 Å². The smallest absolute Gasteiger partial charge is 0.325 e. The van der Waals surface area contributed by atoms with Gasteiger partial charge in [0.2, 0.25) is 82.7 Å². The number of benzene rings is 2.